The first-order valence-electron chi connectivity index (χ1n) is 5.58. The molecule has 0 radical (unpaired) electrons. The van der Waals surface area contributed by atoms with Crippen molar-refractivity contribution in [1.82, 2.24) is 15.2 Å². The molecule has 3 N–H and O–H groups in total. The smallest absolute Gasteiger partial charge is 0.375 e. The number of aromatic nitrogens is 3. The molecule has 0 atom stereocenters. The molecular formula is C12H14N4O2. The fourth-order valence-corrected chi connectivity index (χ4v) is 1.61. The van der Waals surface area contributed by atoms with Gasteiger partial charge in [0.15, 0.2) is 5.82 Å². The summed E-state index contributed by atoms with van der Waals surface area (Å²) in [6.07, 6.45) is 0. The fraction of sp³-hybridized carbons (Fsp3) is 0.250. The Morgan fingerprint density at radius 2 is 2.28 bits per heavy atom. The predicted molar refractivity (Wildman–Crippen MR) is 66.9 cm³/mol. The van der Waals surface area contributed by atoms with E-state index in [1.54, 1.807) is 13.0 Å². The van der Waals surface area contributed by atoms with Crippen LogP contribution in [-0.2, 0) is 4.74 Å². The van der Waals surface area contributed by atoms with Crippen molar-refractivity contribution in [1.29, 1.82) is 0 Å². The van der Waals surface area contributed by atoms with E-state index in [2.05, 4.69) is 15.2 Å². The summed E-state index contributed by atoms with van der Waals surface area (Å²) in [6.45, 7) is 3.95. The van der Waals surface area contributed by atoms with Crippen LogP contribution in [0.4, 0.5) is 5.69 Å². The molecule has 0 bridgehead atoms. The van der Waals surface area contributed by atoms with Crippen molar-refractivity contribution < 1.29 is 9.53 Å². The maximum atomic E-state index is 11.5. The minimum absolute atomic E-state index is 0.100. The van der Waals surface area contributed by atoms with Gasteiger partial charge < -0.3 is 10.5 Å². The molecule has 2 rings (SSSR count). The number of carbonyl (C=O) groups is 1. The van der Waals surface area contributed by atoms with Crippen molar-refractivity contribution in [2.24, 2.45) is 0 Å². The van der Waals surface area contributed by atoms with Gasteiger partial charge in [-0.25, -0.2) is 9.78 Å². The van der Waals surface area contributed by atoms with Gasteiger partial charge in [0.1, 0.15) is 0 Å². The molecule has 0 unspecified atom stereocenters. The lowest BCUT2D eigenvalue weighted by atomic mass is 10.1. The van der Waals surface area contributed by atoms with Crippen LogP contribution in [0.2, 0.25) is 0 Å². The third kappa shape index (κ3) is 2.32. The van der Waals surface area contributed by atoms with Crippen molar-refractivity contribution in [3.63, 3.8) is 0 Å². The van der Waals surface area contributed by atoms with Gasteiger partial charge in [0.2, 0.25) is 5.82 Å². The zero-order valence-corrected chi connectivity index (χ0v) is 10.2. The lowest BCUT2D eigenvalue weighted by Gasteiger charge is -2.01. The quantitative estimate of drug-likeness (QED) is 0.632. The summed E-state index contributed by atoms with van der Waals surface area (Å²) in [6, 6.07) is 5.42. The summed E-state index contributed by atoms with van der Waals surface area (Å²) in [5.41, 5.74) is 8.13. The third-order valence-electron chi connectivity index (χ3n) is 2.45. The number of rotatable bonds is 3. The Morgan fingerprint density at radius 1 is 1.50 bits per heavy atom. The summed E-state index contributed by atoms with van der Waals surface area (Å²) in [7, 11) is 0. The summed E-state index contributed by atoms with van der Waals surface area (Å²) in [5, 5.41) is 6.57. The topological polar surface area (TPSA) is 93.9 Å². The van der Waals surface area contributed by atoms with Crippen molar-refractivity contribution >= 4 is 11.7 Å². The molecule has 94 valence electrons. The van der Waals surface area contributed by atoms with E-state index >= 15 is 0 Å². The van der Waals surface area contributed by atoms with Gasteiger partial charge in [0.05, 0.1) is 6.61 Å². The van der Waals surface area contributed by atoms with Gasteiger partial charge in [-0.3, -0.25) is 5.10 Å². The number of benzene rings is 1. The highest BCUT2D eigenvalue weighted by molar-refractivity contribution is 5.85. The highest BCUT2D eigenvalue weighted by Gasteiger charge is 2.14. The Balaban J connectivity index is 2.32. The number of nitrogens with one attached hydrogen (secondary N) is 1. The Bertz CT molecular complexity index is 577. The van der Waals surface area contributed by atoms with Crippen LogP contribution in [0.1, 0.15) is 23.1 Å². The molecule has 0 aliphatic heterocycles. The molecule has 0 saturated carbocycles. The van der Waals surface area contributed by atoms with Crippen LogP contribution >= 0.6 is 0 Å². The van der Waals surface area contributed by atoms with Crippen LogP contribution in [0.5, 0.6) is 0 Å². The van der Waals surface area contributed by atoms with Crippen molar-refractivity contribution in [2.75, 3.05) is 12.3 Å². The number of H-pyrrole nitrogens is 1. The average molecular weight is 246 g/mol. The molecule has 0 saturated heterocycles. The standard InChI is InChI=1S/C12H14N4O2/c1-3-18-12(17)11-14-10(15-16-11)9-5-4-8(13)6-7(9)2/h4-6H,3,13H2,1-2H3,(H,14,15,16). The molecule has 1 heterocycles. The number of esters is 1. The van der Waals surface area contributed by atoms with Gasteiger partial charge in [-0.2, -0.15) is 5.10 Å². The molecule has 0 aliphatic rings. The number of carbonyl (C=O) groups excluding carboxylic acids is 1. The van der Waals surface area contributed by atoms with Gasteiger partial charge >= 0.3 is 5.97 Å². The summed E-state index contributed by atoms with van der Waals surface area (Å²) in [5.74, 6) is 0.0444. The van der Waals surface area contributed by atoms with Crippen LogP contribution in [0, 0.1) is 6.92 Å². The van der Waals surface area contributed by atoms with Gasteiger partial charge in [-0.15, -0.1) is 0 Å². The van der Waals surface area contributed by atoms with Crippen LogP contribution in [0.15, 0.2) is 18.2 Å². The fourth-order valence-electron chi connectivity index (χ4n) is 1.61. The highest BCUT2D eigenvalue weighted by Crippen LogP contribution is 2.21. The van der Waals surface area contributed by atoms with Gasteiger partial charge in [-0.05, 0) is 37.6 Å². The Kier molecular flexibility index (Phi) is 3.27. The van der Waals surface area contributed by atoms with Gasteiger partial charge in [0.25, 0.3) is 0 Å². The minimum atomic E-state index is -0.510. The molecule has 2 aromatic rings. The summed E-state index contributed by atoms with van der Waals surface area (Å²) in [4.78, 5) is 15.6. The van der Waals surface area contributed by atoms with Crippen molar-refractivity contribution in [3.05, 3.63) is 29.6 Å². The van der Waals surface area contributed by atoms with E-state index in [4.69, 9.17) is 10.5 Å². The lowest BCUT2D eigenvalue weighted by molar-refractivity contribution is 0.0512. The van der Waals surface area contributed by atoms with E-state index < -0.39 is 5.97 Å². The van der Waals surface area contributed by atoms with Gasteiger partial charge in [-0.1, -0.05) is 0 Å². The van der Waals surface area contributed by atoms with E-state index in [1.807, 2.05) is 19.1 Å². The number of ether oxygens (including phenoxy) is 1. The van der Waals surface area contributed by atoms with E-state index in [0.29, 0.717) is 18.1 Å². The number of aromatic amines is 1. The van der Waals surface area contributed by atoms with Crippen LogP contribution in [0.25, 0.3) is 11.4 Å². The van der Waals surface area contributed by atoms with Gasteiger partial charge in [0, 0.05) is 11.3 Å². The maximum Gasteiger partial charge on any atom is 0.375 e. The number of nitrogen functional groups attached to an aromatic ring is 1. The summed E-state index contributed by atoms with van der Waals surface area (Å²) < 4.78 is 4.83. The first-order valence-corrected chi connectivity index (χ1v) is 5.58. The minimum Gasteiger partial charge on any atom is -0.460 e. The predicted octanol–water partition coefficient (Wildman–Crippen LogP) is 1.54. The van der Waals surface area contributed by atoms with Crippen LogP contribution in [0.3, 0.4) is 0 Å². The molecule has 1 aromatic carbocycles. The number of hydrogen-bond donors (Lipinski definition) is 2. The SMILES string of the molecule is CCOC(=O)c1nc(-c2ccc(N)cc2C)n[nH]1. The monoisotopic (exact) mass is 246 g/mol. The van der Waals surface area contributed by atoms with Crippen molar-refractivity contribution in [2.45, 2.75) is 13.8 Å². The molecule has 0 spiro atoms. The largest absolute Gasteiger partial charge is 0.460 e. The van der Waals surface area contributed by atoms with E-state index in [-0.39, 0.29) is 5.82 Å². The molecule has 1 aromatic heterocycles. The third-order valence-corrected chi connectivity index (χ3v) is 2.45. The molecular weight excluding hydrogens is 232 g/mol. The Hall–Kier alpha value is -2.37. The van der Waals surface area contributed by atoms with E-state index in [9.17, 15) is 4.79 Å². The molecule has 18 heavy (non-hydrogen) atoms. The highest BCUT2D eigenvalue weighted by atomic mass is 16.5. The number of nitrogens with two attached hydrogens (primary N) is 1. The Morgan fingerprint density at radius 3 is 2.94 bits per heavy atom. The number of aryl methyl sites for hydroxylation is 1. The van der Waals surface area contributed by atoms with E-state index in [0.717, 1.165) is 11.1 Å². The number of nitrogens with zero attached hydrogens (tertiary/aromatic N) is 2. The Labute approximate surface area is 104 Å². The van der Waals surface area contributed by atoms with Crippen LogP contribution in [-0.4, -0.2) is 27.8 Å². The van der Waals surface area contributed by atoms with E-state index in [1.165, 1.54) is 0 Å². The number of anilines is 1. The normalized spacial score (nSPS) is 10.3. The zero-order valence-electron chi connectivity index (χ0n) is 10.2. The lowest BCUT2D eigenvalue weighted by Crippen LogP contribution is -2.06. The average Bonchev–Trinajstić information content (AvgIpc) is 2.78. The second kappa shape index (κ2) is 4.87. The second-order valence-electron chi connectivity index (χ2n) is 3.80. The maximum absolute atomic E-state index is 11.5. The molecule has 0 fully saturated rings. The summed E-state index contributed by atoms with van der Waals surface area (Å²) >= 11 is 0. The van der Waals surface area contributed by atoms with Crippen LogP contribution < -0.4 is 5.73 Å². The zero-order chi connectivity index (χ0) is 13.1. The van der Waals surface area contributed by atoms with Crippen molar-refractivity contribution in [3.8, 4) is 11.4 Å². The number of hydrogen-bond acceptors (Lipinski definition) is 5. The second-order valence-corrected chi connectivity index (χ2v) is 3.80. The first-order chi connectivity index (χ1) is 8.61. The molecule has 6 nitrogen and oxygen atoms in total. The molecule has 0 aliphatic carbocycles. The first kappa shape index (κ1) is 12.1. The molecule has 0 amide bonds. The molecule has 6 heteroatoms.